The summed E-state index contributed by atoms with van der Waals surface area (Å²) >= 11 is 0. The van der Waals surface area contributed by atoms with Crippen LogP contribution in [0.5, 0.6) is 0 Å². The van der Waals surface area contributed by atoms with Gasteiger partial charge in [-0.15, -0.1) is 0 Å². The smallest absolute Gasteiger partial charge is 0.216 e. The van der Waals surface area contributed by atoms with Gasteiger partial charge in [0.15, 0.2) is 0 Å². The van der Waals surface area contributed by atoms with Crippen LogP contribution in [0.4, 0.5) is 0 Å². The predicted molar refractivity (Wildman–Crippen MR) is 53.6 cm³/mol. The Morgan fingerprint density at radius 2 is 2.08 bits per heavy atom. The van der Waals surface area contributed by atoms with Crippen LogP contribution in [-0.4, -0.2) is 24.5 Å². The monoisotopic (exact) mass is 184 g/mol. The fraction of sp³-hybridized carbons (Fsp3) is 0.900. The van der Waals surface area contributed by atoms with Crippen LogP contribution < -0.4 is 10.6 Å². The van der Waals surface area contributed by atoms with Crippen LogP contribution in [0.2, 0.25) is 0 Å². The van der Waals surface area contributed by atoms with E-state index >= 15 is 0 Å². The summed E-state index contributed by atoms with van der Waals surface area (Å²) in [7, 11) is 0. The van der Waals surface area contributed by atoms with Crippen LogP contribution in [0.15, 0.2) is 0 Å². The lowest BCUT2D eigenvalue weighted by Crippen LogP contribution is -2.52. The lowest BCUT2D eigenvalue weighted by molar-refractivity contribution is -0.118. The highest BCUT2D eigenvalue weighted by molar-refractivity contribution is 5.72. The first-order chi connectivity index (χ1) is 6.18. The van der Waals surface area contributed by atoms with Crippen molar-refractivity contribution in [1.82, 2.24) is 10.6 Å². The molecule has 0 radical (unpaired) electrons. The highest BCUT2D eigenvalue weighted by Gasteiger charge is 2.33. The molecule has 0 aliphatic heterocycles. The Balaban J connectivity index is 2.07. The third-order valence-electron chi connectivity index (χ3n) is 2.99. The molecule has 1 aliphatic carbocycles. The van der Waals surface area contributed by atoms with Gasteiger partial charge in [-0.25, -0.2) is 0 Å². The third-order valence-corrected chi connectivity index (χ3v) is 2.99. The number of nitrogens with one attached hydrogen (secondary N) is 2. The minimum absolute atomic E-state index is 0.0564. The van der Waals surface area contributed by atoms with Crippen LogP contribution in [0.3, 0.4) is 0 Å². The molecule has 0 unspecified atom stereocenters. The molecule has 1 fully saturated rings. The van der Waals surface area contributed by atoms with Crippen LogP contribution in [-0.2, 0) is 4.79 Å². The Hall–Kier alpha value is -0.570. The minimum atomic E-state index is 0.0564. The van der Waals surface area contributed by atoms with Crippen molar-refractivity contribution in [3.63, 3.8) is 0 Å². The molecule has 3 nitrogen and oxygen atoms in total. The van der Waals surface area contributed by atoms with Crippen molar-refractivity contribution in [3.8, 4) is 0 Å². The Bertz CT molecular complexity index is 170. The van der Waals surface area contributed by atoms with E-state index in [1.807, 2.05) is 0 Å². The lowest BCUT2D eigenvalue weighted by atomic mass is 9.75. The summed E-state index contributed by atoms with van der Waals surface area (Å²) in [5.74, 6) is 0.0564. The fourth-order valence-electron chi connectivity index (χ4n) is 1.83. The molecule has 0 spiro atoms. The van der Waals surface area contributed by atoms with E-state index in [4.69, 9.17) is 0 Å². The summed E-state index contributed by atoms with van der Waals surface area (Å²) < 4.78 is 0. The van der Waals surface area contributed by atoms with Crippen molar-refractivity contribution in [3.05, 3.63) is 0 Å². The van der Waals surface area contributed by atoms with E-state index in [1.54, 1.807) is 6.92 Å². The minimum Gasteiger partial charge on any atom is -0.355 e. The summed E-state index contributed by atoms with van der Waals surface area (Å²) in [5.41, 5.74) is 0.401. The van der Waals surface area contributed by atoms with Crippen molar-refractivity contribution >= 4 is 5.91 Å². The first-order valence-electron chi connectivity index (χ1n) is 5.18. The molecule has 0 heterocycles. The van der Waals surface area contributed by atoms with Crippen LogP contribution in [0, 0.1) is 0 Å². The zero-order valence-corrected chi connectivity index (χ0v) is 8.65. The largest absolute Gasteiger partial charge is 0.355 e. The first kappa shape index (κ1) is 10.5. The molecule has 0 aromatic carbocycles. The lowest BCUT2D eigenvalue weighted by Gasteiger charge is -2.42. The number of carbonyl (C=O) groups excluding carboxylic acids is 1. The molecular weight excluding hydrogens is 164 g/mol. The number of hydrogen-bond acceptors (Lipinski definition) is 2. The molecule has 76 valence electrons. The summed E-state index contributed by atoms with van der Waals surface area (Å²) in [4.78, 5) is 10.6. The average Bonchev–Trinajstić information content (AvgIpc) is 2.01. The van der Waals surface area contributed by atoms with Gasteiger partial charge in [0.1, 0.15) is 0 Å². The third kappa shape index (κ3) is 2.99. The SMILES string of the molecule is CCC1(NCCNC(C)=O)CCC1. The Kier molecular flexibility index (Phi) is 3.72. The standard InChI is InChI=1S/C10H20N2O/c1-3-10(5-4-6-10)12-8-7-11-9(2)13/h12H,3-8H2,1-2H3,(H,11,13). The van der Waals surface area contributed by atoms with Gasteiger partial charge in [-0.3, -0.25) is 4.79 Å². The number of rotatable bonds is 5. The van der Waals surface area contributed by atoms with Crippen molar-refractivity contribution in [2.24, 2.45) is 0 Å². The van der Waals surface area contributed by atoms with E-state index in [0.717, 1.165) is 13.1 Å². The second-order valence-corrected chi connectivity index (χ2v) is 3.90. The maximum absolute atomic E-state index is 10.6. The van der Waals surface area contributed by atoms with E-state index in [2.05, 4.69) is 17.6 Å². The zero-order valence-electron chi connectivity index (χ0n) is 8.65. The van der Waals surface area contributed by atoms with Crippen molar-refractivity contribution < 1.29 is 4.79 Å². The van der Waals surface area contributed by atoms with Crippen molar-refractivity contribution in [2.45, 2.75) is 45.1 Å². The first-order valence-corrected chi connectivity index (χ1v) is 5.18. The van der Waals surface area contributed by atoms with Gasteiger partial charge in [-0.05, 0) is 25.7 Å². The molecule has 1 amide bonds. The van der Waals surface area contributed by atoms with Crippen molar-refractivity contribution in [2.75, 3.05) is 13.1 Å². The van der Waals surface area contributed by atoms with E-state index in [0.29, 0.717) is 5.54 Å². The molecule has 0 atom stereocenters. The van der Waals surface area contributed by atoms with E-state index < -0.39 is 0 Å². The van der Waals surface area contributed by atoms with Crippen molar-refractivity contribution in [1.29, 1.82) is 0 Å². The molecule has 1 aliphatic rings. The molecule has 0 bridgehead atoms. The summed E-state index contributed by atoms with van der Waals surface area (Å²) in [6.45, 7) is 5.42. The van der Waals surface area contributed by atoms with E-state index in [9.17, 15) is 4.79 Å². The summed E-state index contributed by atoms with van der Waals surface area (Å²) in [6, 6.07) is 0. The molecule has 13 heavy (non-hydrogen) atoms. The second-order valence-electron chi connectivity index (χ2n) is 3.90. The topological polar surface area (TPSA) is 41.1 Å². The molecular formula is C10H20N2O. The van der Waals surface area contributed by atoms with Gasteiger partial charge in [0.05, 0.1) is 0 Å². The molecule has 3 heteroatoms. The number of carbonyl (C=O) groups is 1. The quantitative estimate of drug-likeness (QED) is 0.627. The van der Waals surface area contributed by atoms with E-state index in [1.165, 1.54) is 25.7 Å². The summed E-state index contributed by atoms with van der Waals surface area (Å²) in [5, 5.41) is 6.31. The van der Waals surface area contributed by atoms with Crippen LogP contribution >= 0.6 is 0 Å². The molecule has 0 saturated heterocycles. The van der Waals surface area contributed by atoms with Crippen LogP contribution in [0.1, 0.15) is 39.5 Å². The Labute approximate surface area is 80.3 Å². The molecule has 1 rings (SSSR count). The van der Waals surface area contributed by atoms with Gasteiger partial charge in [0.2, 0.25) is 5.91 Å². The normalized spacial score (nSPS) is 19.2. The zero-order chi connectivity index (χ0) is 9.73. The van der Waals surface area contributed by atoms with Gasteiger partial charge in [-0.2, -0.15) is 0 Å². The Morgan fingerprint density at radius 1 is 1.38 bits per heavy atom. The van der Waals surface area contributed by atoms with Crippen LogP contribution in [0.25, 0.3) is 0 Å². The number of hydrogen-bond donors (Lipinski definition) is 2. The van der Waals surface area contributed by atoms with Gasteiger partial charge in [0, 0.05) is 25.6 Å². The predicted octanol–water partition coefficient (Wildman–Crippen LogP) is 1.04. The highest BCUT2D eigenvalue weighted by Crippen LogP contribution is 2.34. The Morgan fingerprint density at radius 3 is 2.46 bits per heavy atom. The summed E-state index contributed by atoms with van der Waals surface area (Å²) in [6.07, 6.45) is 5.14. The van der Waals surface area contributed by atoms with Gasteiger partial charge >= 0.3 is 0 Å². The average molecular weight is 184 g/mol. The van der Waals surface area contributed by atoms with E-state index in [-0.39, 0.29) is 5.91 Å². The maximum atomic E-state index is 10.6. The van der Waals surface area contributed by atoms with Gasteiger partial charge in [0.25, 0.3) is 0 Å². The number of amides is 1. The maximum Gasteiger partial charge on any atom is 0.216 e. The molecule has 0 aromatic heterocycles. The molecule has 1 saturated carbocycles. The second kappa shape index (κ2) is 4.61. The van der Waals surface area contributed by atoms with Gasteiger partial charge in [-0.1, -0.05) is 6.92 Å². The highest BCUT2D eigenvalue weighted by atomic mass is 16.1. The fourth-order valence-corrected chi connectivity index (χ4v) is 1.83. The molecule has 2 N–H and O–H groups in total. The molecule has 0 aromatic rings. The van der Waals surface area contributed by atoms with Gasteiger partial charge < -0.3 is 10.6 Å².